The number of primary amides is 1. The van der Waals surface area contributed by atoms with E-state index in [-0.39, 0.29) is 36.1 Å². The van der Waals surface area contributed by atoms with Gasteiger partial charge in [-0.05, 0) is 55.8 Å². The molecule has 41 heavy (non-hydrogen) atoms. The van der Waals surface area contributed by atoms with Gasteiger partial charge in [-0.15, -0.1) is 0 Å². The Bertz CT molecular complexity index is 1190. The van der Waals surface area contributed by atoms with Gasteiger partial charge in [0.2, 0.25) is 11.8 Å². The zero-order valence-electron chi connectivity index (χ0n) is 25.3. The number of hydrogen-bond donors (Lipinski definition) is 6. The molecule has 2 saturated carbocycles. The fraction of sp³-hybridized carbons (Fsp3) is 0.852. The first kappa shape index (κ1) is 33.1. The number of fused-ring (bicyclic) bond motifs is 1. The lowest BCUT2D eigenvalue weighted by Gasteiger charge is -2.40. The molecule has 0 aromatic heterocycles. The van der Waals surface area contributed by atoms with Gasteiger partial charge in [0.05, 0.1) is 6.04 Å². The van der Waals surface area contributed by atoms with E-state index in [0.717, 1.165) is 6.42 Å². The smallest absolute Gasteiger partial charge is 0.315 e. The van der Waals surface area contributed by atoms with Crippen molar-refractivity contribution in [3.8, 4) is 0 Å². The SMILES string of the molecule is CC(C)(C)NC(=O)NC(C(=O)N1C[C@H]2[C@@H](C1C(=O)NC(CC1CCC1)C(O)(C(N)=O)S(=O)(=O)O)C2(C)C)C(C)(C)C. The predicted molar refractivity (Wildman–Crippen MR) is 151 cm³/mol. The highest BCUT2D eigenvalue weighted by Crippen LogP contribution is 2.65. The number of urea groups is 1. The van der Waals surface area contributed by atoms with E-state index in [4.69, 9.17) is 5.73 Å². The molecular weight excluding hydrogens is 554 g/mol. The van der Waals surface area contributed by atoms with E-state index in [0.29, 0.717) is 12.8 Å². The van der Waals surface area contributed by atoms with Crippen molar-refractivity contribution in [1.82, 2.24) is 20.9 Å². The number of carbonyl (C=O) groups excluding carboxylic acids is 4. The number of carbonyl (C=O) groups is 4. The average Bonchev–Trinajstić information content (AvgIpc) is 3.10. The Hall–Kier alpha value is -2.45. The number of amides is 5. The van der Waals surface area contributed by atoms with Crippen LogP contribution in [0.5, 0.6) is 0 Å². The van der Waals surface area contributed by atoms with Gasteiger partial charge in [0.25, 0.3) is 10.8 Å². The number of hydrogen-bond acceptors (Lipinski definition) is 7. The van der Waals surface area contributed by atoms with E-state index in [9.17, 15) is 37.3 Å². The van der Waals surface area contributed by atoms with E-state index in [1.165, 1.54) is 4.90 Å². The average molecular weight is 602 g/mol. The van der Waals surface area contributed by atoms with E-state index < -0.39 is 67.9 Å². The highest BCUT2D eigenvalue weighted by Gasteiger charge is 2.70. The molecule has 0 spiro atoms. The molecule has 0 aromatic carbocycles. The Morgan fingerprint density at radius 3 is 2.02 bits per heavy atom. The molecular formula is C27H47N5O8S. The monoisotopic (exact) mass is 601 g/mol. The number of rotatable bonds is 9. The summed E-state index contributed by atoms with van der Waals surface area (Å²) in [5.74, 6) is -3.39. The van der Waals surface area contributed by atoms with Crippen molar-refractivity contribution in [3.05, 3.63) is 0 Å². The summed E-state index contributed by atoms with van der Waals surface area (Å²) in [6.07, 6.45) is 2.13. The molecule has 7 N–H and O–H groups in total. The van der Waals surface area contributed by atoms with Gasteiger partial charge in [-0.1, -0.05) is 53.9 Å². The third-order valence-electron chi connectivity index (χ3n) is 8.97. The van der Waals surface area contributed by atoms with E-state index >= 15 is 0 Å². The first-order valence-electron chi connectivity index (χ1n) is 14.1. The van der Waals surface area contributed by atoms with Gasteiger partial charge >= 0.3 is 16.1 Å². The van der Waals surface area contributed by atoms with Crippen molar-refractivity contribution in [2.75, 3.05) is 6.54 Å². The molecule has 2 aliphatic carbocycles. The Balaban J connectivity index is 1.94. The van der Waals surface area contributed by atoms with Gasteiger partial charge in [-0.25, -0.2) is 4.79 Å². The Morgan fingerprint density at radius 2 is 1.61 bits per heavy atom. The second-order valence-electron chi connectivity index (χ2n) is 14.7. The first-order valence-corrected chi connectivity index (χ1v) is 15.6. The number of likely N-dealkylation sites (tertiary alicyclic amines) is 1. The molecule has 14 heteroatoms. The zero-order chi connectivity index (χ0) is 31.5. The Labute approximate surface area is 242 Å². The molecule has 3 aliphatic rings. The van der Waals surface area contributed by atoms with E-state index in [1.54, 1.807) is 41.5 Å². The number of piperidine rings is 1. The summed E-state index contributed by atoms with van der Waals surface area (Å²) < 4.78 is 34.3. The molecule has 0 aromatic rings. The summed E-state index contributed by atoms with van der Waals surface area (Å²) in [5.41, 5.74) is 3.66. The summed E-state index contributed by atoms with van der Waals surface area (Å²) in [4.78, 5) is 50.8. The molecule has 1 heterocycles. The van der Waals surface area contributed by atoms with Crippen LogP contribution in [0, 0.1) is 28.6 Å². The molecule has 0 bridgehead atoms. The standard InChI is InChI=1S/C27H47N5O8S/c1-24(2,3)19(30-23(36)31-25(4,5)6)21(34)32-13-15-17(26(15,7)8)18(32)20(33)29-16(12-14-10-9-11-14)27(37,22(28)35)41(38,39)40/h14-19,37H,9-13H2,1-8H3,(H2,28,35)(H,29,33)(H2,30,31,36)(H,38,39,40)/t15-,16?,17-,18?,19?,27?/m0/s1. The number of nitrogens with zero attached hydrogens (tertiary/aromatic N) is 1. The third-order valence-corrected chi connectivity index (χ3v) is 10.2. The highest BCUT2D eigenvalue weighted by molar-refractivity contribution is 7.88. The normalized spacial score (nSPS) is 27.0. The largest absolute Gasteiger partial charge is 0.366 e. The molecule has 1 aliphatic heterocycles. The fourth-order valence-electron chi connectivity index (χ4n) is 6.25. The number of nitrogens with one attached hydrogen (secondary N) is 3. The van der Waals surface area contributed by atoms with E-state index in [1.807, 2.05) is 13.8 Å². The lowest BCUT2D eigenvalue weighted by molar-refractivity contribution is -0.145. The van der Waals surface area contributed by atoms with Crippen molar-refractivity contribution < 1.29 is 37.3 Å². The minimum atomic E-state index is -5.45. The third kappa shape index (κ3) is 6.48. The molecule has 6 atom stereocenters. The van der Waals surface area contributed by atoms with Crippen LogP contribution in [-0.4, -0.2) is 81.9 Å². The van der Waals surface area contributed by atoms with Crippen molar-refractivity contribution >= 4 is 33.9 Å². The van der Waals surface area contributed by atoms with Gasteiger partial charge < -0.3 is 31.7 Å². The summed E-state index contributed by atoms with van der Waals surface area (Å²) in [6, 6.07) is -4.36. The van der Waals surface area contributed by atoms with Gasteiger partial charge in [0, 0.05) is 12.1 Å². The van der Waals surface area contributed by atoms with Crippen LogP contribution < -0.4 is 21.7 Å². The molecule has 13 nitrogen and oxygen atoms in total. The molecule has 234 valence electrons. The highest BCUT2D eigenvalue weighted by atomic mass is 32.2. The summed E-state index contributed by atoms with van der Waals surface area (Å²) >= 11 is 0. The van der Waals surface area contributed by atoms with Crippen LogP contribution in [-0.2, 0) is 24.5 Å². The summed E-state index contributed by atoms with van der Waals surface area (Å²) in [5, 5.41) is 18.9. The Kier molecular flexibility index (Phi) is 8.61. The quantitative estimate of drug-likeness (QED) is 0.207. The predicted octanol–water partition coefficient (Wildman–Crippen LogP) is 0.719. The molecule has 0 radical (unpaired) electrons. The minimum Gasteiger partial charge on any atom is -0.366 e. The maximum absolute atomic E-state index is 14.0. The van der Waals surface area contributed by atoms with Crippen LogP contribution in [0.2, 0.25) is 0 Å². The zero-order valence-corrected chi connectivity index (χ0v) is 26.1. The Morgan fingerprint density at radius 1 is 1.05 bits per heavy atom. The van der Waals surface area contributed by atoms with Crippen LogP contribution in [0.15, 0.2) is 0 Å². The van der Waals surface area contributed by atoms with E-state index in [2.05, 4.69) is 16.0 Å². The molecule has 3 fully saturated rings. The van der Waals surface area contributed by atoms with Crippen molar-refractivity contribution in [2.45, 2.75) is 110 Å². The lowest BCUT2D eigenvalue weighted by Crippen LogP contribution is -2.67. The second kappa shape index (κ2) is 10.7. The maximum Gasteiger partial charge on any atom is 0.315 e. The van der Waals surface area contributed by atoms with Crippen molar-refractivity contribution in [3.63, 3.8) is 0 Å². The molecule has 4 unspecified atom stereocenters. The van der Waals surface area contributed by atoms with Gasteiger partial charge in [0.15, 0.2) is 0 Å². The summed E-state index contributed by atoms with van der Waals surface area (Å²) in [6.45, 7) is 14.9. The van der Waals surface area contributed by atoms with Crippen molar-refractivity contribution in [2.24, 2.45) is 34.3 Å². The first-order chi connectivity index (χ1) is 18.4. The van der Waals surface area contributed by atoms with Crippen LogP contribution in [0.3, 0.4) is 0 Å². The maximum atomic E-state index is 14.0. The van der Waals surface area contributed by atoms with Crippen LogP contribution in [0.4, 0.5) is 4.79 Å². The van der Waals surface area contributed by atoms with Gasteiger partial charge in [-0.2, -0.15) is 8.42 Å². The van der Waals surface area contributed by atoms with Crippen LogP contribution in [0.1, 0.15) is 81.1 Å². The topological polar surface area (TPSA) is 208 Å². The van der Waals surface area contributed by atoms with Crippen LogP contribution in [0.25, 0.3) is 0 Å². The number of nitrogens with two attached hydrogens (primary N) is 1. The second-order valence-corrected chi connectivity index (χ2v) is 16.2. The van der Waals surface area contributed by atoms with Gasteiger partial charge in [-0.3, -0.25) is 18.9 Å². The number of aliphatic hydroxyl groups is 1. The van der Waals surface area contributed by atoms with Crippen LogP contribution >= 0.6 is 0 Å². The van der Waals surface area contributed by atoms with Crippen molar-refractivity contribution in [1.29, 1.82) is 0 Å². The molecule has 1 saturated heterocycles. The molecule has 3 rings (SSSR count). The minimum absolute atomic E-state index is 0.0344. The summed E-state index contributed by atoms with van der Waals surface area (Å²) in [7, 11) is -5.45. The molecule has 5 amide bonds. The lowest BCUT2D eigenvalue weighted by atomic mass is 9.79. The van der Waals surface area contributed by atoms with Gasteiger partial charge in [0.1, 0.15) is 12.1 Å². The fourth-order valence-corrected chi connectivity index (χ4v) is 7.02.